The van der Waals surface area contributed by atoms with Crippen LogP contribution in [0, 0.1) is 6.92 Å². The van der Waals surface area contributed by atoms with E-state index in [4.69, 9.17) is 15.6 Å². The summed E-state index contributed by atoms with van der Waals surface area (Å²) in [4.78, 5) is 13.6. The first-order valence-electron chi connectivity index (χ1n) is 5.90. The molecule has 2 rings (SSSR count). The predicted octanol–water partition coefficient (Wildman–Crippen LogP) is 1.31. The Kier molecular flexibility index (Phi) is 3.89. The lowest BCUT2D eigenvalue weighted by Crippen LogP contribution is -2.51. The number of ether oxygens (including phenoxy) is 1. The molecule has 2 unspecified atom stereocenters. The highest BCUT2D eigenvalue weighted by Gasteiger charge is 2.28. The molecule has 0 spiro atoms. The maximum absolute atomic E-state index is 11.0. The van der Waals surface area contributed by atoms with Crippen molar-refractivity contribution in [2.75, 3.05) is 25.1 Å². The molecule has 3 N–H and O–H groups in total. The summed E-state index contributed by atoms with van der Waals surface area (Å²) in [5, 5.41) is 10.0. The summed E-state index contributed by atoms with van der Waals surface area (Å²) < 4.78 is 5.36. The van der Waals surface area contributed by atoms with E-state index in [1.807, 2.05) is 13.0 Å². The third-order valence-electron chi connectivity index (χ3n) is 3.32. The van der Waals surface area contributed by atoms with Crippen molar-refractivity contribution < 1.29 is 14.6 Å². The standard InChI is InChI=1S/C12H18N2O3S/c1-7-5-10(18-11(7)12(15)16)14-4-3-8(13)9(6-14)17-2/h5,8-9H,3-4,6,13H2,1-2H3,(H,15,16). The molecule has 18 heavy (non-hydrogen) atoms. The molecule has 1 aliphatic rings. The molecule has 1 fully saturated rings. The van der Waals surface area contributed by atoms with Crippen LogP contribution >= 0.6 is 11.3 Å². The number of methoxy groups -OCH3 is 1. The number of anilines is 1. The van der Waals surface area contributed by atoms with Crippen molar-refractivity contribution >= 4 is 22.3 Å². The molecule has 100 valence electrons. The number of aryl methyl sites for hydroxylation is 1. The largest absolute Gasteiger partial charge is 0.477 e. The van der Waals surface area contributed by atoms with Crippen molar-refractivity contribution in [1.29, 1.82) is 0 Å². The summed E-state index contributed by atoms with van der Waals surface area (Å²) in [6.07, 6.45) is 0.868. The van der Waals surface area contributed by atoms with Gasteiger partial charge in [-0.25, -0.2) is 4.79 Å². The van der Waals surface area contributed by atoms with Crippen LogP contribution in [0.5, 0.6) is 0 Å². The van der Waals surface area contributed by atoms with Crippen LogP contribution in [0.1, 0.15) is 21.7 Å². The van der Waals surface area contributed by atoms with Gasteiger partial charge in [-0.2, -0.15) is 0 Å². The zero-order valence-corrected chi connectivity index (χ0v) is 11.4. The second kappa shape index (κ2) is 5.26. The first-order valence-corrected chi connectivity index (χ1v) is 6.71. The highest BCUT2D eigenvalue weighted by Crippen LogP contribution is 2.31. The molecule has 2 atom stereocenters. The van der Waals surface area contributed by atoms with E-state index in [0.29, 0.717) is 4.88 Å². The van der Waals surface area contributed by atoms with E-state index in [1.165, 1.54) is 11.3 Å². The molecule has 0 saturated carbocycles. The highest BCUT2D eigenvalue weighted by molar-refractivity contribution is 7.18. The number of piperidine rings is 1. The maximum Gasteiger partial charge on any atom is 0.346 e. The molecule has 1 aliphatic heterocycles. The Bertz CT molecular complexity index is 447. The zero-order chi connectivity index (χ0) is 13.3. The van der Waals surface area contributed by atoms with Crippen molar-refractivity contribution in [3.63, 3.8) is 0 Å². The first kappa shape index (κ1) is 13.3. The molecule has 0 amide bonds. The second-order valence-electron chi connectivity index (χ2n) is 4.57. The second-order valence-corrected chi connectivity index (χ2v) is 5.61. The number of thiophene rings is 1. The molecule has 5 nitrogen and oxygen atoms in total. The predicted molar refractivity (Wildman–Crippen MR) is 71.6 cm³/mol. The number of hydrogen-bond acceptors (Lipinski definition) is 5. The van der Waals surface area contributed by atoms with E-state index < -0.39 is 5.97 Å². The number of nitrogens with zero attached hydrogens (tertiary/aromatic N) is 1. The fraction of sp³-hybridized carbons (Fsp3) is 0.583. The van der Waals surface area contributed by atoms with Gasteiger partial charge >= 0.3 is 5.97 Å². The molecule has 1 aromatic rings. The lowest BCUT2D eigenvalue weighted by atomic mass is 10.0. The van der Waals surface area contributed by atoms with Gasteiger partial charge in [0, 0.05) is 26.2 Å². The van der Waals surface area contributed by atoms with Crippen LogP contribution in [-0.2, 0) is 4.74 Å². The Morgan fingerprint density at radius 1 is 1.67 bits per heavy atom. The molecule has 0 aliphatic carbocycles. The summed E-state index contributed by atoms with van der Waals surface area (Å²) in [5.74, 6) is -0.860. The van der Waals surface area contributed by atoms with E-state index in [1.54, 1.807) is 7.11 Å². The normalized spacial score (nSPS) is 24.3. The minimum atomic E-state index is -0.860. The molecule has 2 heterocycles. The Morgan fingerprint density at radius 2 is 2.39 bits per heavy atom. The maximum atomic E-state index is 11.0. The number of aromatic carboxylic acids is 1. The molecule has 1 aromatic heterocycles. The number of carbonyl (C=O) groups is 1. The van der Waals surface area contributed by atoms with E-state index >= 15 is 0 Å². The molecule has 1 saturated heterocycles. The van der Waals surface area contributed by atoms with Crippen molar-refractivity contribution in [2.24, 2.45) is 5.73 Å². The monoisotopic (exact) mass is 270 g/mol. The Morgan fingerprint density at radius 3 is 2.94 bits per heavy atom. The van der Waals surface area contributed by atoms with Gasteiger partial charge in [0.15, 0.2) is 0 Å². The Hall–Kier alpha value is -1.11. The highest BCUT2D eigenvalue weighted by atomic mass is 32.1. The number of rotatable bonds is 3. The van der Waals surface area contributed by atoms with Crippen molar-refractivity contribution in [2.45, 2.75) is 25.5 Å². The van der Waals surface area contributed by atoms with Gasteiger partial charge in [0.05, 0.1) is 11.1 Å². The van der Waals surface area contributed by atoms with Gasteiger partial charge in [0.2, 0.25) is 0 Å². The summed E-state index contributed by atoms with van der Waals surface area (Å²) in [5.41, 5.74) is 6.78. The molecule has 0 aromatic carbocycles. The van der Waals surface area contributed by atoms with Crippen LogP contribution in [0.3, 0.4) is 0 Å². The number of hydrogen-bond donors (Lipinski definition) is 2. The van der Waals surface area contributed by atoms with Gasteiger partial charge in [-0.05, 0) is 25.0 Å². The quantitative estimate of drug-likeness (QED) is 0.866. The van der Waals surface area contributed by atoms with Crippen LogP contribution in [0.2, 0.25) is 0 Å². The molecular weight excluding hydrogens is 252 g/mol. The van der Waals surface area contributed by atoms with Crippen LogP contribution in [0.25, 0.3) is 0 Å². The fourth-order valence-electron chi connectivity index (χ4n) is 2.22. The SMILES string of the molecule is COC1CN(c2cc(C)c(C(=O)O)s2)CCC1N. The number of nitrogens with two attached hydrogens (primary N) is 1. The third kappa shape index (κ3) is 2.50. The fourth-order valence-corrected chi connectivity index (χ4v) is 3.26. The van der Waals surface area contributed by atoms with Gasteiger partial charge in [0.1, 0.15) is 4.88 Å². The average molecular weight is 270 g/mol. The lowest BCUT2D eigenvalue weighted by molar-refractivity contribution is 0.0701. The summed E-state index contributed by atoms with van der Waals surface area (Å²) in [6, 6.07) is 1.99. The van der Waals surface area contributed by atoms with E-state index in [9.17, 15) is 4.79 Å². The number of carboxylic acids is 1. The van der Waals surface area contributed by atoms with Crippen LogP contribution in [0.4, 0.5) is 5.00 Å². The van der Waals surface area contributed by atoms with Crippen LogP contribution in [0.15, 0.2) is 6.07 Å². The average Bonchev–Trinajstić information content (AvgIpc) is 2.72. The van der Waals surface area contributed by atoms with Crippen molar-refractivity contribution in [1.82, 2.24) is 0 Å². The molecular formula is C12H18N2O3S. The van der Waals surface area contributed by atoms with Gasteiger partial charge < -0.3 is 20.5 Å². The van der Waals surface area contributed by atoms with Crippen LogP contribution in [-0.4, -0.2) is 43.4 Å². The van der Waals surface area contributed by atoms with E-state index in [-0.39, 0.29) is 12.1 Å². The van der Waals surface area contributed by atoms with Gasteiger partial charge in [0.25, 0.3) is 0 Å². The van der Waals surface area contributed by atoms with Crippen LogP contribution < -0.4 is 10.6 Å². The van der Waals surface area contributed by atoms with Crippen molar-refractivity contribution in [3.8, 4) is 0 Å². The first-order chi connectivity index (χ1) is 8.52. The molecule has 0 radical (unpaired) electrons. The third-order valence-corrected chi connectivity index (χ3v) is 4.61. The zero-order valence-electron chi connectivity index (χ0n) is 10.5. The Labute approximate surface area is 110 Å². The minimum Gasteiger partial charge on any atom is -0.477 e. The molecule has 0 bridgehead atoms. The van der Waals surface area contributed by atoms with E-state index in [0.717, 1.165) is 30.1 Å². The lowest BCUT2D eigenvalue weighted by Gasteiger charge is -2.36. The minimum absolute atomic E-state index is 0.00874. The summed E-state index contributed by atoms with van der Waals surface area (Å²) in [7, 11) is 1.66. The summed E-state index contributed by atoms with van der Waals surface area (Å²) >= 11 is 1.32. The van der Waals surface area contributed by atoms with E-state index in [2.05, 4.69) is 4.90 Å². The smallest absolute Gasteiger partial charge is 0.346 e. The Balaban J connectivity index is 2.17. The van der Waals surface area contributed by atoms with Gasteiger partial charge in [-0.3, -0.25) is 0 Å². The van der Waals surface area contributed by atoms with Gasteiger partial charge in [-0.1, -0.05) is 0 Å². The summed E-state index contributed by atoms with van der Waals surface area (Å²) in [6.45, 7) is 3.39. The molecule has 6 heteroatoms. The topological polar surface area (TPSA) is 75.8 Å². The van der Waals surface area contributed by atoms with Gasteiger partial charge in [-0.15, -0.1) is 11.3 Å². The number of carboxylic acid groups (broad SMARTS) is 1. The van der Waals surface area contributed by atoms with Crippen molar-refractivity contribution in [3.05, 3.63) is 16.5 Å².